The van der Waals surface area contributed by atoms with Gasteiger partial charge in [0.15, 0.2) is 0 Å². The highest BCUT2D eigenvalue weighted by molar-refractivity contribution is 7.12. The molecule has 1 N–H and O–H groups in total. The van der Waals surface area contributed by atoms with E-state index in [-0.39, 0.29) is 29.8 Å². The van der Waals surface area contributed by atoms with Crippen molar-refractivity contribution >= 4 is 34.8 Å². The van der Waals surface area contributed by atoms with Crippen molar-refractivity contribution in [3.05, 3.63) is 60.3 Å². The fourth-order valence-corrected chi connectivity index (χ4v) is 4.68. The second-order valence-electron chi connectivity index (χ2n) is 6.06. The Morgan fingerprint density at radius 1 is 1.33 bits per heavy atom. The summed E-state index contributed by atoms with van der Waals surface area (Å²) in [7, 11) is 0. The Hall–Kier alpha value is -3.11. The van der Waals surface area contributed by atoms with E-state index in [1.807, 2.05) is 0 Å². The van der Waals surface area contributed by atoms with E-state index >= 15 is 0 Å². The summed E-state index contributed by atoms with van der Waals surface area (Å²) >= 11 is 1.18. The smallest absolute Gasteiger partial charge is 0.337 e. The molecule has 0 fully saturated rings. The lowest BCUT2D eigenvalue weighted by Gasteiger charge is -2.14. The average molecular weight is 388 g/mol. The molecule has 2 aliphatic heterocycles. The van der Waals surface area contributed by atoms with Gasteiger partial charge in [-0.15, -0.1) is 11.3 Å². The van der Waals surface area contributed by atoms with E-state index in [0.29, 0.717) is 23.5 Å². The molecule has 10 heteroatoms. The van der Waals surface area contributed by atoms with Crippen molar-refractivity contribution in [2.75, 3.05) is 6.61 Å². The molecule has 0 atom stereocenters. The van der Waals surface area contributed by atoms with Gasteiger partial charge in [-0.25, -0.2) is 4.79 Å². The van der Waals surface area contributed by atoms with Crippen LogP contribution in [0.15, 0.2) is 18.2 Å². The number of aromatic carboxylic acids is 1. The zero-order chi connectivity index (χ0) is 19.3. The van der Waals surface area contributed by atoms with Crippen molar-refractivity contribution in [2.24, 2.45) is 0 Å². The molecule has 0 saturated carbocycles. The number of ether oxygens (including phenoxy) is 1. The van der Waals surface area contributed by atoms with Crippen LogP contribution in [0.1, 0.15) is 46.4 Å². The molecular weight excluding hydrogens is 376 g/mol. The minimum Gasteiger partial charge on any atom is -0.478 e. The van der Waals surface area contributed by atoms with E-state index in [2.05, 4.69) is 0 Å². The number of hydrogen-bond donors (Lipinski definition) is 1. The predicted octanol–water partition coefficient (Wildman–Crippen LogP) is 2.22. The number of nitro benzene ring substituents is 1. The molecule has 4 rings (SSSR count). The average Bonchev–Trinajstić information content (AvgIpc) is 3.12. The summed E-state index contributed by atoms with van der Waals surface area (Å²) in [6.07, 6.45) is 0.445. The van der Waals surface area contributed by atoms with Crippen LogP contribution in [0.2, 0.25) is 0 Å². The number of fused-ring (bicyclic) bond motifs is 2. The first kappa shape index (κ1) is 17.3. The first-order valence-electron chi connectivity index (χ1n) is 7.98. The van der Waals surface area contributed by atoms with E-state index in [9.17, 15) is 29.6 Å². The van der Waals surface area contributed by atoms with E-state index in [1.54, 1.807) is 0 Å². The van der Waals surface area contributed by atoms with Crippen molar-refractivity contribution in [1.29, 1.82) is 0 Å². The Morgan fingerprint density at radius 3 is 2.81 bits per heavy atom. The molecule has 0 saturated heterocycles. The summed E-state index contributed by atoms with van der Waals surface area (Å²) in [5.41, 5.74) is 0.0103. The molecule has 1 aromatic heterocycles. The maximum absolute atomic E-state index is 12.7. The monoisotopic (exact) mass is 388 g/mol. The normalized spacial score (nSPS) is 15.6. The Balaban J connectivity index is 1.75. The number of rotatable bonds is 4. The van der Waals surface area contributed by atoms with Crippen molar-refractivity contribution in [2.45, 2.75) is 19.6 Å². The van der Waals surface area contributed by atoms with Gasteiger partial charge in [-0.05, 0) is 18.1 Å². The van der Waals surface area contributed by atoms with Crippen LogP contribution in [0.3, 0.4) is 0 Å². The zero-order valence-corrected chi connectivity index (χ0v) is 14.6. The van der Waals surface area contributed by atoms with Gasteiger partial charge in [0.1, 0.15) is 5.56 Å². The summed E-state index contributed by atoms with van der Waals surface area (Å²) in [6.45, 7) is 0.444. The number of carboxylic acids is 1. The zero-order valence-electron chi connectivity index (χ0n) is 13.8. The van der Waals surface area contributed by atoms with Gasteiger partial charge in [-0.2, -0.15) is 0 Å². The number of nitrogens with zero attached hydrogens (tertiary/aromatic N) is 2. The molecule has 3 heterocycles. The molecule has 138 valence electrons. The Morgan fingerprint density at radius 2 is 2.11 bits per heavy atom. The lowest BCUT2D eigenvalue weighted by atomic mass is 10.0. The maximum atomic E-state index is 12.7. The topological polar surface area (TPSA) is 127 Å². The van der Waals surface area contributed by atoms with Crippen molar-refractivity contribution in [1.82, 2.24) is 4.90 Å². The number of hydrogen-bond acceptors (Lipinski definition) is 7. The van der Waals surface area contributed by atoms with Crippen LogP contribution in [-0.4, -0.2) is 39.3 Å². The maximum Gasteiger partial charge on any atom is 0.337 e. The highest BCUT2D eigenvalue weighted by Gasteiger charge is 2.42. The summed E-state index contributed by atoms with van der Waals surface area (Å²) in [6, 6.07) is 3.86. The number of amides is 2. The molecule has 9 nitrogen and oxygen atoms in total. The lowest BCUT2D eigenvalue weighted by Crippen LogP contribution is -2.29. The second-order valence-corrected chi connectivity index (χ2v) is 7.25. The summed E-state index contributed by atoms with van der Waals surface area (Å²) < 4.78 is 5.34. The Kier molecular flexibility index (Phi) is 4.01. The molecule has 0 unspecified atom stereocenters. The summed E-state index contributed by atoms with van der Waals surface area (Å²) in [5, 5.41) is 20.8. The molecule has 2 amide bonds. The Bertz CT molecular complexity index is 1030. The molecule has 2 aliphatic rings. The summed E-state index contributed by atoms with van der Waals surface area (Å²) in [5.74, 6) is -2.59. The highest BCUT2D eigenvalue weighted by atomic mass is 32.1. The summed E-state index contributed by atoms with van der Waals surface area (Å²) in [4.78, 5) is 49.5. The van der Waals surface area contributed by atoms with Crippen LogP contribution in [0, 0.1) is 10.1 Å². The van der Waals surface area contributed by atoms with Crippen LogP contribution in [0.25, 0.3) is 0 Å². The number of imide groups is 1. The Labute approximate surface area is 155 Å². The van der Waals surface area contributed by atoms with Gasteiger partial charge in [0, 0.05) is 15.8 Å². The number of carbonyl (C=O) groups is 3. The van der Waals surface area contributed by atoms with E-state index in [4.69, 9.17) is 4.74 Å². The van der Waals surface area contributed by atoms with Gasteiger partial charge in [-0.1, -0.05) is 6.07 Å². The first-order valence-corrected chi connectivity index (χ1v) is 8.79. The molecule has 0 aliphatic carbocycles. The van der Waals surface area contributed by atoms with Gasteiger partial charge in [-0.3, -0.25) is 24.6 Å². The molecule has 2 aromatic rings. The first-order chi connectivity index (χ1) is 12.9. The third kappa shape index (κ3) is 2.61. The van der Waals surface area contributed by atoms with E-state index < -0.39 is 28.4 Å². The number of benzene rings is 1. The van der Waals surface area contributed by atoms with Crippen LogP contribution in [-0.2, 0) is 24.3 Å². The standard InChI is InChI=1S/C17H12N2O7S/c20-15-9-2-1-3-10(19(24)25)13(9)16(21)18(15)6-11-14(17(22)23)8-4-5-26-7-12(8)27-11/h1-3H,4-7H2,(H,22,23). The van der Waals surface area contributed by atoms with Crippen LogP contribution in [0.4, 0.5) is 5.69 Å². The second kappa shape index (κ2) is 6.25. The van der Waals surface area contributed by atoms with E-state index in [1.165, 1.54) is 23.5 Å². The quantitative estimate of drug-likeness (QED) is 0.483. The van der Waals surface area contributed by atoms with Gasteiger partial charge in [0.2, 0.25) is 0 Å². The molecule has 27 heavy (non-hydrogen) atoms. The predicted molar refractivity (Wildman–Crippen MR) is 91.9 cm³/mol. The van der Waals surface area contributed by atoms with Gasteiger partial charge >= 0.3 is 5.97 Å². The number of carbonyl (C=O) groups excluding carboxylic acids is 2. The highest BCUT2D eigenvalue weighted by Crippen LogP contribution is 2.36. The van der Waals surface area contributed by atoms with Crippen molar-refractivity contribution in [3.63, 3.8) is 0 Å². The lowest BCUT2D eigenvalue weighted by molar-refractivity contribution is -0.385. The molecule has 0 radical (unpaired) electrons. The van der Waals surface area contributed by atoms with Crippen LogP contribution < -0.4 is 0 Å². The van der Waals surface area contributed by atoms with Crippen molar-refractivity contribution < 1.29 is 29.2 Å². The van der Waals surface area contributed by atoms with Crippen LogP contribution >= 0.6 is 11.3 Å². The third-order valence-electron chi connectivity index (χ3n) is 4.58. The van der Waals surface area contributed by atoms with Gasteiger partial charge in [0.25, 0.3) is 17.5 Å². The SMILES string of the molecule is O=C(O)c1c(CN2C(=O)c3cccc([N+](=O)[O-])c3C2=O)sc2c1CCOC2. The number of carboxylic acid groups (broad SMARTS) is 1. The number of thiophene rings is 1. The largest absolute Gasteiger partial charge is 0.478 e. The number of nitro groups is 1. The van der Waals surface area contributed by atoms with E-state index in [0.717, 1.165) is 15.8 Å². The fourth-order valence-electron chi connectivity index (χ4n) is 3.40. The minimum atomic E-state index is -1.13. The molecular formula is C17H12N2O7S. The molecule has 0 bridgehead atoms. The van der Waals surface area contributed by atoms with Crippen LogP contribution in [0.5, 0.6) is 0 Å². The van der Waals surface area contributed by atoms with Gasteiger partial charge in [0.05, 0.1) is 35.8 Å². The minimum absolute atomic E-state index is 0.0456. The molecule has 1 aromatic carbocycles. The van der Waals surface area contributed by atoms with Crippen molar-refractivity contribution in [3.8, 4) is 0 Å². The fraction of sp³-hybridized carbons (Fsp3) is 0.235. The third-order valence-corrected chi connectivity index (χ3v) is 5.77. The van der Waals surface area contributed by atoms with Gasteiger partial charge < -0.3 is 9.84 Å². The molecule has 0 spiro atoms.